The number of likely N-dealkylation sites (tertiary alicyclic amines) is 1. The van der Waals surface area contributed by atoms with Crippen LogP contribution in [-0.2, 0) is 4.74 Å². The maximum atomic E-state index is 13.7. The summed E-state index contributed by atoms with van der Waals surface area (Å²) in [5.74, 6) is 0.801. The van der Waals surface area contributed by atoms with Gasteiger partial charge in [-0.15, -0.1) is 0 Å². The van der Waals surface area contributed by atoms with Crippen LogP contribution in [0.15, 0.2) is 0 Å². The lowest BCUT2D eigenvalue weighted by Crippen LogP contribution is -2.55. The molecule has 0 spiro atoms. The topological polar surface area (TPSA) is 12.5 Å². The van der Waals surface area contributed by atoms with Crippen molar-refractivity contribution in [2.24, 2.45) is 5.92 Å². The van der Waals surface area contributed by atoms with E-state index in [9.17, 15) is 4.39 Å². The summed E-state index contributed by atoms with van der Waals surface area (Å²) >= 11 is 0. The van der Waals surface area contributed by atoms with Gasteiger partial charge in [-0.05, 0) is 38.8 Å². The van der Waals surface area contributed by atoms with Crippen molar-refractivity contribution in [2.75, 3.05) is 26.3 Å². The maximum Gasteiger partial charge on any atom is 0.144 e. The van der Waals surface area contributed by atoms with E-state index < -0.39 is 6.17 Å². The molecule has 0 aliphatic carbocycles. The lowest BCUT2D eigenvalue weighted by Gasteiger charge is -2.42. The van der Waals surface area contributed by atoms with Crippen molar-refractivity contribution in [3.63, 3.8) is 0 Å². The summed E-state index contributed by atoms with van der Waals surface area (Å²) in [6.07, 6.45) is 1.58. The molecule has 0 aromatic rings. The second-order valence-electron chi connectivity index (χ2n) is 5.01. The van der Waals surface area contributed by atoms with Gasteiger partial charge in [0.1, 0.15) is 6.17 Å². The smallest absolute Gasteiger partial charge is 0.144 e. The molecule has 2 saturated heterocycles. The molecule has 2 atom stereocenters. The zero-order valence-corrected chi connectivity index (χ0v) is 9.13. The predicted octanol–water partition coefficient (Wildman–Crippen LogP) is 1.85. The highest BCUT2D eigenvalue weighted by atomic mass is 19.1. The Labute approximate surface area is 85.4 Å². The standard InChI is InChI=1S/C11H20FNO/c1-9-3-5-13(6-4-9)11(2)8-14-7-10(11)12/h9-10H,3-8H2,1-2H3. The number of hydrogen-bond acceptors (Lipinski definition) is 2. The van der Waals surface area contributed by atoms with Crippen molar-refractivity contribution in [2.45, 2.75) is 38.4 Å². The monoisotopic (exact) mass is 201 g/mol. The lowest BCUT2D eigenvalue weighted by atomic mass is 9.91. The summed E-state index contributed by atoms with van der Waals surface area (Å²) in [4.78, 5) is 2.28. The highest BCUT2D eigenvalue weighted by molar-refractivity contribution is 4.98. The third-order valence-corrected chi connectivity index (χ3v) is 3.84. The minimum Gasteiger partial charge on any atom is -0.376 e. The molecule has 0 radical (unpaired) electrons. The predicted molar refractivity (Wildman–Crippen MR) is 54.1 cm³/mol. The van der Waals surface area contributed by atoms with Crippen molar-refractivity contribution < 1.29 is 9.13 Å². The average Bonchev–Trinajstić information content (AvgIpc) is 2.49. The van der Waals surface area contributed by atoms with Crippen LogP contribution in [-0.4, -0.2) is 42.9 Å². The zero-order valence-electron chi connectivity index (χ0n) is 9.13. The molecule has 14 heavy (non-hydrogen) atoms. The first-order valence-electron chi connectivity index (χ1n) is 5.60. The van der Waals surface area contributed by atoms with E-state index in [0.717, 1.165) is 19.0 Å². The molecule has 2 aliphatic heterocycles. The van der Waals surface area contributed by atoms with Crippen LogP contribution < -0.4 is 0 Å². The normalized spacial score (nSPS) is 41.8. The summed E-state index contributed by atoms with van der Waals surface area (Å²) in [7, 11) is 0. The number of rotatable bonds is 1. The van der Waals surface area contributed by atoms with Crippen LogP contribution in [0.2, 0.25) is 0 Å². The number of piperidine rings is 1. The molecule has 2 unspecified atom stereocenters. The van der Waals surface area contributed by atoms with Crippen LogP contribution in [0.25, 0.3) is 0 Å². The number of nitrogens with zero attached hydrogens (tertiary/aromatic N) is 1. The molecule has 2 fully saturated rings. The van der Waals surface area contributed by atoms with Gasteiger partial charge in [0.2, 0.25) is 0 Å². The molecule has 3 heteroatoms. The number of hydrogen-bond donors (Lipinski definition) is 0. The fourth-order valence-electron chi connectivity index (χ4n) is 2.45. The quantitative estimate of drug-likeness (QED) is 0.642. The Balaban J connectivity index is 2.00. The van der Waals surface area contributed by atoms with Crippen LogP contribution in [0.1, 0.15) is 26.7 Å². The molecule has 0 N–H and O–H groups in total. The fraction of sp³-hybridized carbons (Fsp3) is 1.00. The Bertz CT molecular complexity index is 203. The number of ether oxygens (including phenoxy) is 1. The first-order chi connectivity index (χ1) is 6.63. The minimum absolute atomic E-state index is 0.280. The van der Waals surface area contributed by atoms with Gasteiger partial charge in [0.05, 0.1) is 18.8 Å². The van der Waals surface area contributed by atoms with Gasteiger partial charge in [0.25, 0.3) is 0 Å². The molecule has 0 amide bonds. The number of halogens is 1. The van der Waals surface area contributed by atoms with Gasteiger partial charge >= 0.3 is 0 Å². The molecule has 2 heterocycles. The minimum atomic E-state index is -0.809. The molecule has 0 aromatic carbocycles. The van der Waals surface area contributed by atoms with Gasteiger partial charge < -0.3 is 4.74 Å². The summed E-state index contributed by atoms with van der Waals surface area (Å²) in [5, 5.41) is 0. The Morgan fingerprint density at radius 3 is 2.50 bits per heavy atom. The Kier molecular flexibility index (Phi) is 2.80. The van der Waals surface area contributed by atoms with Crippen molar-refractivity contribution in [3.05, 3.63) is 0 Å². The molecule has 0 saturated carbocycles. The first kappa shape index (κ1) is 10.4. The highest BCUT2D eigenvalue weighted by Crippen LogP contribution is 2.32. The summed E-state index contributed by atoms with van der Waals surface area (Å²) in [6.45, 7) is 7.17. The van der Waals surface area contributed by atoms with Gasteiger partial charge in [-0.25, -0.2) is 4.39 Å². The van der Waals surface area contributed by atoms with Gasteiger partial charge in [0.15, 0.2) is 0 Å². The van der Waals surface area contributed by atoms with Crippen LogP contribution in [0, 0.1) is 5.92 Å². The molecule has 82 valence electrons. The van der Waals surface area contributed by atoms with E-state index in [2.05, 4.69) is 11.8 Å². The molecule has 2 aliphatic rings. The van der Waals surface area contributed by atoms with Crippen LogP contribution in [0.4, 0.5) is 4.39 Å². The molecule has 0 aromatic heterocycles. The van der Waals surface area contributed by atoms with Crippen molar-refractivity contribution in [3.8, 4) is 0 Å². The maximum absolute atomic E-state index is 13.7. The van der Waals surface area contributed by atoms with E-state index in [-0.39, 0.29) is 12.1 Å². The third-order valence-electron chi connectivity index (χ3n) is 3.84. The van der Waals surface area contributed by atoms with E-state index in [1.165, 1.54) is 12.8 Å². The summed E-state index contributed by atoms with van der Waals surface area (Å²) in [5.41, 5.74) is -0.347. The molecular formula is C11H20FNO. The van der Waals surface area contributed by atoms with Gasteiger partial charge in [0, 0.05) is 0 Å². The Morgan fingerprint density at radius 2 is 2.00 bits per heavy atom. The average molecular weight is 201 g/mol. The molecule has 2 rings (SSSR count). The fourth-order valence-corrected chi connectivity index (χ4v) is 2.45. The van der Waals surface area contributed by atoms with Gasteiger partial charge in [-0.2, -0.15) is 0 Å². The van der Waals surface area contributed by atoms with Crippen LogP contribution >= 0.6 is 0 Å². The van der Waals surface area contributed by atoms with Gasteiger partial charge in [-0.1, -0.05) is 6.92 Å². The first-order valence-corrected chi connectivity index (χ1v) is 5.60. The number of alkyl halides is 1. The van der Waals surface area contributed by atoms with Crippen molar-refractivity contribution in [1.82, 2.24) is 4.90 Å². The van der Waals surface area contributed by atoms with Crippen molar-refractivity contribution in [1.29, 1.82) is 0 Å². The van der Waals surface area contributed by atoms with E-state index in [1.54, 1.807) is 0 Å². The van der Waals surface area contributed by atoms with E-state index in [0.29, 0.717) is 6.61 Å². The summed E-state index contributed by atoms with van der Waals surface area (Å²) in [6, 6.07) is 0. The van der Waals surface area contributed by atoms with Crippen LogP contribution in [0.3, 0.4) is 0 Å². The second kappa shape index (κ2) is 3.78. The van der Waals surface area contributed by atoms with Gasteiger partial charge in [-0.3, -0.25) is 4.90 Å². The largest absolute Gasteiger partial charge is 0.376 e. The molecule has 2 nitrogen and oxygen atoms in total. The second-order valence-corrected chi connectivity index (χ2v) is 5.01. The van der Waals surface area contributed by atoms with E-state index in [4.69, 9.17) is 4.74 Å². The van der Waals surface area contributed by atoms with Crippen LogP contribution in [0.5, 0.6) is 0 Å². The van der Waals surface area contributed by atoms with Crippen molar-refractivity contribution >= 4 is 0 Å². The zero-order chi connectivity index (χ0) is 10.2. The third kappa shape index (κ3) is 1.68. The molecule has 0 bridgehead atoms. The Morgan fingerprint density at radius 1 is 1.36 bits per heavy atom. The SMILES string of the molecule is CC1CCN(C2(C)COCC2F)CC1. The lowest BCUT2D eigenvalue weighted by molar-refractivity contribution is 0.0239. The van der Waals surface area contributed by atoms with E-state index >= 15 is 0 Å². The van der Waals surface area contributed by atoms with E-state index in [1.807, 2.05) is 6.92 Å². The molecular weight excluding hydrogens is 181 g/mol. The highest BCUT2D eigenvalue weighted by Gasteiger charge is 2.45. The summed E-state index contributed by atoms with van der Waals surface area (Å²) < 4.78 is 18.9. The Hall–Kier alpha value is -0.150.